The van der Waals surface area contributed by atoms with Crippen LogP contribution < -0.4 is 10.6 Å². The average molecular weight is 366 g/mol. The predicted octanol–water partition coefficient (Wildman–Crippen LogP) is 3.75. The minimum atomic E-state index is -0.169. The van der Waals surface area contributed by atoms with E-state index in [4.69, 9.17) is 4.74 Å². The van der Waals surface area contributed by atoms with E-state index in [9.17, 15) is 9.59 Å². The van der Waals surface area contributed by atoms with Crippen molar-refractivity contribution in [1.82, 2.24) is 5.32 Å². The highest BCUT2D eigenvalue weighted by molar-refractivity contribution is 5.98. The summed E-state index contributed by atoms with van der Waals surface area (Å²) in [4.78, 5) is 24.6. The minimum Gasteiger partial charge on any atom is -0.377 e. The van der Waals surface area contributed by atoms with Crippen LogP contribution in [-0.2, 0) is 22.7 Å². The third-order valence-corrected chi connectivity index (χ3v) is 4.86. The molecule has 2 N–H and O–H groups in total. The molecule has 0 bridgehead atoms. The van der Waals surface area contributed by atoms with E-state index in [1.807, 2.05) is 31.2 Å². The number of hydrogen-bond donors (Lipinski definition) is 2. The van der Waals surface area contributed by atoms with Crippen LogP contribution in [0.15, 0.2) is 48.5 Å². The first-order valence-corrected chi connectivity index (χ1v) is 9.42. The van der Waals surface area contributed by atoms with Gasteiger partial charge >= 0.3 is 0 Å². The van der Waals surface area contributed by atoms with Gasteiger partial charge < -0.3 is 15.4 Å². The average Bonchev–Trinajstić information content (AvgIpc) is 3.42. The lowest BCUT2D eigenvalue weighted by Gasteiger charge is -2.11. The number of carbonyl (C=O) groups excluding carboxylic acids is 2. The molecule has 0 saturated heterocycles. The largest absolute Gasteiger partial charge is 0.377 e. The standard InChI is InChI=1S/C22H26N2O3/c1-3-27-14-18-8-5-4-7-17(18)13-23-21(25)16-9-6-10-19(12-16)24-22(26)20-11-15(20)2/h4-10,12,15,20H,3,11,13-14H2,1-2H3,(H,23,25)(H,24,26)/t15-,20+/m0/s1. The maximum Gasteiger partial charge on any atom is 0.251 e. The molecule has 0 heterocycles. The molecule has 2 aromatic carbocycles. The van der Waals surface area contributed by atoms with Gasteiger partial charge in [0.25, 0.3) is 5.91 Å². The molecule has 0 unspecified atom stereocenters. The van der Waals surface area contributed by atoms with Crippen molar-refractivity contribution >= 4 is 17.5 Å². The summed E-state index contributed by atoms with van der Waals surface area (Å²) in [5.74, 6) is 0.416. The number of amides is 2. The van der Waals surface area contributed by atoms with Crippen LogP contribution in [0.1, 0.15) is 41.8 Å². The molecular formula is C22H26N2O3. The van der Waals surface area contributed by atoms with E-state index in [0.717, 1.165) is 17.5 Å². The second kappa shape index (κ2) is 8.82. The molecule has 142 valence electrons. The number of rotatable bonds is 8. The number of hydrogen-bond acceptors (Lipinski definition) is 3. The van der Waals surface area contributed by atoms with Gasteiger partial charge in [0.1, 0.15) is 0 Å². The normalized spacial score (nSPS) is 18.0. The monoisotopic (exact) mass is 366 g/mol. The Morgan fingerprint density at radius 2 is 1.85 bits per heavy atom. The van der Waals surface area contributed by atoms with Crippen molar-refractivity contribution in [2.45, 2.75) is 33.4 Å². The second-order valence-electron chi connectivity index (χ2n) is 6.98. The topological polar surface area (TPSA) is 67.4 Å². The van der Waals surface area contributed by atoms with Crippen LogP contribution in [0.5, 0.6) is 0 Å². The van der Waals surface area contributed by atoms with E-state index in [1.54, 1.807) is 24.3 Å². The molecule has 2 atom stereocenters. The Morgan fingerprint density at radius 1 is 1.11 bits per heavy atom. The zero-order chi connectivity index (χ0) is 19.2. The highest BCUT2D eigenvalue weighted by Gasteiger charge is 2.39. The van der Waals surface area contributed by atoms with Crippen molar-refractivity contribution in [1.29, 1.82) is 0 Å². The Hall–Kier alpha value is -2.66. The first-order chi connectivity index (χ1) is 13.1. The molecule has 0 radical (unpaired) electrons. The SMILES string of the molecule is CCOCc1ccccc1CNC(=O)c1cccc(NC(=O)[C@@H]2C[C@@H]2C)c1. The fraction of sp³-hybridized carbons (Fsp3) is 0.364. The van der Waals surface area contributed by atoms with Crippen molar-refractivity contribution in [3.8, 4) is 0 Å². The van der Waals surface area contributed by atoms with Crippen LogP contribution in [0.25, 0.3) is 0 Å². The molecule has 0 aromatic heterocycles. The fourth-order valence-electron chi connectivity index (χ4n) is 3.02. The summed E-state index contributed by atoms with van der Waals surface area (Å²) < 4.78 is 5.48. The summed E-state index contributed by atoms with van der Waals surface area (Å²) in [6.07, 6.45) is 0.938. The van der Waals surface area contributed by atoms with Crippen LogP contribution >= 0.6 is 0 Å². The first kappa shape index (κ1) is 19.1. The Morgan fingerprint density at radius 3 is 2.56 bits per heavy atom. The van der Waals surface area contributed by atoms with Crippen molar-refractivity contribution in [3.63, 3.8) is 0 Å². The van der Waals surface area contributed by atoms with E-state index >= 15 is 0 Å². The molecule has 2 aromatic rings. The Kier molecular flexibility index (Phi) is 6.24. The summed E-state index contributed by atoms with van der Waals surface area (Å²) >= 11 is 0. The van der Waals surface area contributed by atoms with Gasteiger partial charge in [-0.2, -0.15) is 0 Å². The highest BCUT2D eigenvalue weighted by atomic mass is 16.5. The fourth-order valence-corrected chi connectivity index (χ4v) is 3.02. The Labute approximate surface area is 160 Å². The second-order valence-corrected chi connectivity index (χ2v) is 6.98. The van der Waals surface area contributed by atoms with E-state index in [0.29, 0.717) is 36.9 Å². The van der Waals surface area contributed by atoms with Gasteiger partial charge in [-0.15, -0.1) is 0 Å². The molecule has 1 saturated carbocycles. The van der Waals surface area contributed by atoms with Crippen molar-refractivity contribution in [2.75, 3.05) is 11.9 Å². The van der Waals surface area contributed by atoms with Gasteiger partial charge in [0, 0.05) is 30.3 Å². The maximum atomic E-state index is 12.5. The lowest BCUT2D eigenvalue weighted by atomic mass is 10.1. The van der Waals surface area contributed by atoms with E-state index in [2.05, 4.69) is 17.6 Å². The predicted molar refractivity (Wildman–Crippen MR) is 105 cm³/mol. The molecule has 0 aliphatic heterocycles. The highest BCUT2D eigenvalue weighted by Crippen LogP contribution is 2.38. The molecule has 0 spiro atoms. The van der Waals surface area contributed by atoms with E-state index in [1.165, 1.54) is 0 Å². The number of anilines is 1. The third kappa shape index (κ3) is 5.17. The molecule has 2 amide bonds. The van der Waals surface area contributed by atoms with Gasteiger partial charge in [-0.25, -0.2) is 0 Å². The van der Waals surface area contributed by atoms with Crippen LogP contribution in [0.3, 0.4) is 0 Å². The van der Waals surface area contributed by atoms with E-state index in [-0.39, 0.29) is 17.7 Å². The molecular weight excluding hydrogens is 340 g/mol. The minimum absolute atomic E-state index is 0.0323. The zero-order valence-corrected chi connectivity index (χ0v) is 15.8. The zero-order valence-electron chi connectivity index (χ0n) is 15.8. The lowest BCUT2D eigenvalue weighted by molar-refractivity contribution is -0.117. The Bertz CT molecular complexity index is 819. The lowest BCUT2D eigenvalue weighted by Crippen LogP contribution is -2.24. The van der Waals surface area contributed by atoms with E-state index < -0.39 is 0 Å². The van der Waals surface area contributed by atoms with Crippen molar-refractivity contribution in [2.24, 2.45) is 11.8 Å². The third-order valence-electron chi connectivity index (χ3n) is 4.86. The van der Waals surface area contributed by atoms with Crippen LogP contribution in [-0.4, -0.2) is 18.4 Å². The molecule has 1 aliphatic rings. The molecule has 27 heavy (non-hydrogen) atoms. The van der Waals surface area contributed by atoms with Gasteiger partial charge in [-0.1, -0.05) is 37.3 Å². The number of nitrogens with one attached hydrogen (secondary N) is 2. The Balaban J connectivity index is 1.60. The van der Waals surface area contributed by atoms with Crippen LogP contribution in [0, 0.1) is 11.8 Å². The number of benzene rings is 2. The summed E-state index contributed by atoms with van der Waals surface area (Å²) in [6, 6.07) is 15.0. The quantitative estimate of drug-likeness (QED) is 0.748. The molecule has 5 nitrogen and oxygen atoms in total. The van der Waals surface area contributed by atoms with Gasteiger partial charge in [0.05, 0.1) is 6.61 Å². The molecule has 1 aliphatic carbocycles. The smallest absolute Gasteiger partial charge is 0.251 e. The molecule has 1 fully saturated rings. The molecule has 5 heteroatoms. The van der Waals surface area contributed by atoms with Crippen molar-refractivity contribution in [3.05, 3.63) is 65.2 Å². The summed E-state index contributed by atoms with van der Waals surface area (Å²) in [6.45, 7) is 5.64. The van der Waals surface area contributed by atoms with Crippen LogP contribution in [0.4, 0.5) is 5.69 Å². The molecule has 3 rings (SSSR count). The van der Waals surface area contributed by atoms with Gasteiger partial charge in [0.15, 0.2) is 0 Å². The van der Waals surface area contributed by atoms with Gasteiger partial charge in [-0.05, 0) is 48.6 Å². The number of ether oxygens (including phenoxy) is 1. The maximum absolute atomic E-state index is 12.5. The van der Waals surface area contributed by atoms with Crippen LogP contribution in [0.2, 0.25) is 0 Å². The van der Waals surface area contributed by atoms with Gasteiger partial charge in [0.2, 0.25) is 5.91 Å². The van der Waals surface area contributed by atoms with Crippen molar-refractivity contribution < 1.29 is 14.3 Å². The summed E-state index contributed by atoms with van der Waals surface area (Å²) in [5.41, 5.74) is 3.29. The summed E-state index contributed by atoms with van der Waals surface area (Å²) in [5, 5.41) is 5.85. The number of carbonyl (C=O) groups is 2. The summed E-state index contributed by atoms with van der Waals surface area (Å²) in [7, 11) is 0. The first-order valence-electron chi connectivity index (χ1n) is 9.42. The van der Waals surface area contributed by atoms with Gasteiger partial charge in [-0.3, -0.25) is 9.59 Å².